The highest BCUT2D eigenvalue weighted by atomic mass is 35.5. The van der Waals surface area contributed by atoms with Crippen LogP contribution in [0.3, 0.4) is 0 Å². The Labute approximate surface area is 167 Å². The van der Waals surface area contributed by atoms with E-state index in [0.717, 1.165) is 57.9 Å². The molecule has 1 saturated heterocycles. The summed E-state index contributed by atoms with van der Waals surface area (Å²) in [5, 5.41) is 17.0. The minimum Gasteiger partial charge on any atom is -0.312 e. The van der Waals surface area contributed by atoms with Gasteiger partial charge in [-0.05, 0) is 25.9 Å². The minimum atomic E-state index is 0. The van der Waals surface area contributed by atoms with Gasteiger partial charge in [-0.1, -0.05) is 20.8 Å². The lowest BCUT2D eigenvalue weighted by Crippen LogP contribution is -2.35. The Bertz CT molecular complexity index is 766. The van der Waals surface area contributed by atoms with Gasteiger partial charge in [0.25, 0.3) is 0 Å². The van der Waals surface area contributed by atoms with Gasteiger partial charge in [-0.3, -0.25) is 9.58 Å². The molecule has 0 aliphatic carbocycles. The smallest absolute Gasteiger partial charge is 0.147 e. The highest BCUT2D eigenvalue weighted by molar-refractivity contribution is 5.85. The van der Waals surface area contributed by atoms with Gasteiger partial charge < -0.3 is 9.88 Å². The maximum Gasteiger partial charge on any atom is 0.147 e. The second-order valence-electron chi connectivity index (χ2n) is 8.78. The molecule has 7 nitrogen and oxygen atoms in total. The number of hydrogen-bond donors (Lipinski definition) is 1. The summed E-state index contributed by atoms with van der Waals surface area (Å²) in [4.78, 5) is 2.57. The van der Waals surface area contributed by atoms with E-state index in [-0.39, 0.29) is 17.8 Å². The van der Waals surface area contributed by atoms with Crippen LogP contribution in [0, 0.1) is 0 Å². The SMILES string of the molecule is Cl.Cn1cc(CN2CCC(c3nnc4n3CCNC4)CC2)c(C(C)(C)C)n1. The Hall–Kier alpha value is -1.44. The first-order valence-electron chi connectivity index (χ1n) is 9.80. The summed E-state index contributed by atoms with van der Waals surface area (Å²) in [6.45, 7) is 12.8. The van der Waals surface area contributed by atoms with E-state index >= 15 is 0 Å². The van der Waals surface area contributed by atoms with Crippen LogP contribution in [0.15, 0.2) is 6.20 Å². The van der Waals surface area contributed by atoms with Crippen LogP contribution in [-0.2, 0) is 32.1 Å². The van der Waals surface area contributed by atoms with Crippen molar-refractivity contribution in [2.75, 3.05) is 19.6 Å². The molecule has 4 heterocycles. The van der Waals surface area contributed by atoms with E-state index in [1.165, 1.54) is 17.1 Å². The monoisotopic (exact) mass is 393 g/mol. The molecule has 0 spiro atoms. The first-order chi connectivity index (χ1) is 12.4. The van der Waals surface area contributed by atoms with E-state index in [0.29, 0.717) is 5.92 Å². The predicted molar refractivity (Wildman–Crippen MR) is 108 cm³/mol. The molecular formula is C19H32ClN7. The summed E-state index contributed by atoms with van der Waals surface area (Å²) in [5.41, 5.74) is 2.68. The molecule has 1 N–H and O–H groups in total. The molecule has 0 bridgehead atoms. The highest BCUT2D eigenvalue weighted by Crippen LogP contribution is 2.30. The summed E-state index contributed by atoms with van der Waals surface area (Å²) in [6.07, 6.45) is 4.52. The van der Waals surface area contributed by atoms with Crippen LogP contribution in [0.5, 0.6) is 0 Å². The quantitative estimate of drug-likeness (QED) is 0.866. The third-order valence-electron chi connectivity index (χ3n) is 5.61. The molecule has 2 aromatic rings. The second kappa shape index (κ2) is 7.89. The maximum absolute atomic E-state index is 4.71. The zero-order chi connectivity index (χ0) is 18.3. The third-order valence-corrected chi connectivity index (χ3v) is 5.61. The van der Waals surface area contributed by atoms with Crippen molar-refractivity contribution < 1.29 is 0 Å². The van der Waals surface area contributed by atoms with Crippen LogP contribution >= 0.6 is 12.4 Å². The number of aromatic nitrogens is 5. The summed E-state index contributed by atoms with van der Waals surface area (Å²) >= 11 is 0. The maximum atomic E-state index is 4.71. The largest absolute Gasteiger partial charge is 0.312 e. The Kier molecular flexibility index (Phi) is 5.93. The number of aryl methyl sites for hydroxylation is 1. The summed E-state index contributed by atoms with van der Waals surface area (Å²) < 4.78 is 4.30. The number of nitrogens with one attached hydrogen (secondary N) is 1. The molecule has 150 valence electrons. The molecule has 27 heavy (non-hydrogen) atoms. The number of halogens is 1. The van der Waals surface area contributed by atoms with E-state index in [1.54, 1.807) is 0 Å². The van der Waals surface area contributed by atoms with Gasteiger partial charge in [0, 0.05) is 49.8 Å². The molecule has 0 saturated carbocycles. The number of hydrogen-bond acceptors (Lipinski definition) is 5. The molecule has 4 rings (SSSR count). The normalized spacial score (nSPS) is 19.0. The van der Waals surface area contributed by atoms with E-state index in [1.807, 2.05) is 11.7 Å². The lowest BCUT2D eigenvalue weighted by atomic mass is 9.89. The van der Waals surface area contributed by atoms with Crippen LogP contribution in [0.2, 0.25) is 0 Å². The molecule has 0 unspecified atom stereocenters. The molecule has 1 fully saturated rings. The fraction of sp³-hybridized carbons (Fsp3) is 0.737. The fourth-order valence-electron chi connectivity index (χ4n) is 4.29. The first-order valence-corrected chi connectivity index (χ1v) is 9.80. The van der Waals surface area contributed by atoms with Crippen molar-refractivity contribution in [3.05, 3.63) is 29.1 Å². The van der Waals surface area contributed by atoms with Gasteiger partial charge in [-0.2, -0.15) is 5.10 Å². The highest BCUT2D eigenvalue weighted by Gasteiger charge is 2.28. The van der Waals surface area contributed by atoms with Crippen LogP contribution < -0.4 is 5.32 Å². The van der Waals surface area contributed by atoms with Gasteiger partial charge in [-0.25, -0.2) is 0 Å². The average molecular weight is 394 g/mol. The van der Waals surface area contributed by atoms with Crippen LogP contribution in [0.4, 0.5) is 0 Å². The number of piperidine rings is 1. The number of nitrogens with zero attached hydrogens (tertiary/aromatic N) is 6. The summed E-state index contributed by atoms with van der Waals surface area (Å²) in [5.74, 6) is 2.85. The molecule has 0 atom stereocenters. The lowest BCUT2D eigenvalue weighted by Gasteiger charge is -2.32. The molecule has 2 aliphatic rings. The van der Waals surface area contributed by atoms with Crippen molar-refractivity contribution in [2.24, 2.45) is 7.05 Å². The topological polar surface area (TPSA) is 63.8 Å². The van der Waals surface area contributed by atoms with Gasteiger partial charge in [0.2, 0.25) is 0 Å². The molecular weight excluding hydrogens is 362 g/mol. The van der Waals surface area contributed by atoms with Gasteiger partial charge in [0.15, 0.2) is 0 Å². The Morgan fingerprint density at radius 3 is 2.59 bits per heavy atom. The van der Waals surface area contributed by atoms with Crippen molar-refractivity contribution in [1.82, 2.24) is 34.8 Å². The van der Waals surface area contributed by atoms with Gasteiger partial charge >= 0.3 is 0 Å². The number of fused-ring (bicyclic) bond motifs is 1. The van der Waals surface area contributed by atoms with E-state index in [2.05, 4.69) is 51.9 Å². The third kappa shape index (κ3) is 4.20. The minimum absolute atomic E-state index is 0. The zero-order valence-corrected chi connectivity index (χ0v) is 17.7. The Morgan fingerprint density at radius 1 is 1.15 bits per heavy atom. The molecule has 0 aromatic carbocycles. The van der Waals surface area contributed by atoms with Gasteiger partial charge in [0.1, 0.15) is 11.6 Å². The van der Waals surface area contributed by atoms with Gasteiger partial charge in [0.05, 0.1) is 12.2 Å². The van der Waals surface area contributed by atoms with Crippen molar-refractivity contribution >= 4 is 12.4 Å². The molecule has 2 aromatic heterocycles. The van der Waals surface area contributed by atoms with Crippen LogP contribution in [-0.4, -0.2) is 49.1 Å². The fourth-order valence-corrected chi connectivity index (χ4v) is 4.29. The Morgan fingerprint density at radius 2 is 1.89 bits per heavy atom. The van der Waals surface area contributed by atoms with Crippen LogP contribution in [0.25, 0.3) is 0 Å². The summed E-state index contributed by atoms with van der Waals surface area (Å²) in [6, 6.07) is 0. The van der Waals surface area contributed by atoms with Crippen molar-refractivity contribution in [3.63, 3.8) is 0 Å². The zero-order valence-electron chi connectivity index (χ0n) is 16.9. The second-order valence-corrected chi connectivity index (χ2v) is 8.78. The van der Waals surface area contributed by atoms with E-state index < -0.39 is 0 Å². The molecule has 2 aliphatic heterocycles. The predicted octanol–water partition coefficient (Wildman–Crippen LogP) is 2.21. The molecule has 0 radical (unpaired) electrons. The van der Waals surface area contributed by atoms with Crippen molar-refractivity contribution in [3.8, 4) is 0 Å². The van der Waals surface area contributed by atoms with Crippen molar-refractivity contribution in [1.29, 1.82) is 0 Å². The molecule has 0 amide bonds. The lowest BCUT2D eigenvalue weighted by molar-refractivity contribution is 0.198. The van der Waals surface area contributed by atoms with E-state index in [4.69, 9.17) is 5.10 Å². The average Bonchev–Trinajstić information content (AvgIpc) is 3.19. The van der Waals surface area contributed by atoms with E-state index in [9.17, 15) is 0 Å². The number of rotatable bonds is 3. The van der Waals surface area contributed by atoms with Crippen molar-refractivity contribution in [2.45, 2.75) is 64.6 Å². The summed E-state index contributed by atoms with van der Waals surface area (Å²) in [7, 11) is 2.02. The van der Waals surface area contributed by atoms with Crippen LogP contribution in [0.1, 0.15) is 62.4 Å². The Balaban J connectivity index is 0.00000210. The number of likely N-dealkylation sites (tertiary alicyclic amines) is 1. The molecule has 8 heteroatoms. The standard InChI is InChI=1S/C19H31N7.ClH/c1-19(2,3)17-15(12-24(4)23-17)13-25-8-5-14(6-9-25)18-22-21-16-11-20-7-10-26(16)18;/h12,14,20H,5-11,13H2,1-4H3;1H. The first kappa shape index (κ1) is 20.3. The van der Waals surface area contributed by atoms with Gasteiger partial charge in [-0.15, -0.1) is 22.6 Å².